The van der Waals surface area contributed by atoms with E-state index in [4.69, 9.17) is 14.0 Å². The number of hydrogen-bond acceptors (Lipinski definition) is 3. The Kier molecular flexibility index (Phi) is 4.62. The second-order valence-electron chi connectivity index (χ2n) is 12.2. The molecule has 1 aromatic carbocycles. The zero-order valence-electron chi connectivity index (χ0n) is 21.2. The molecule has 0 radical (unpaired) electrons. The lowest BCUT2D eigenvalue weighted by atomic mass is 9.55. The van der Waals surface area contributed by atoms with Crippen molar-refractivity contribution < 1.29 is 14.0 Å². The number of benzene rings is 1. The van der Waals surface area contributed by atoms with Crippen LogP contribution in [0.3, 0.4) is 0 Å². The fourth-order valence-electron chi connectivity index (χ4n) is 7.88. The molecule has 180 valence electrons. The maximum atomic E-state index is 6.85. The van der Waals surface area contributed by atoms with Crippen LogP contribution in [0.2, 0.25) is 5.82 Å². The highest BCUT2D eigenvalue weighted by Crippen LogP contribution is 2.68. The normalized spacial score (nSPS) is 39.3. The first kappa shape index (κ1) is 21.9. The fraction of sp³-hybridized carbons (Fsp3) is 0.484. The standard InChI is InChI=1S/C31H35BO3/c1-29(2)30(3,4)35-32(34-29)26-18-11-17-25-28(26)33-27-19-10-9-16-24(27)31(25)22-14-7-5-12-20(22)21-13-6-8-15-23(21)31/h5-7,9-14,16-17,19-23,26H,8,15,18H2,1-4H3. The third kappa shape index (κ3) is 2.81. The van der Waals surface area contributed by atoms with Gasteiger partial charge in [0.15, 0.2) is 0 Å². The van der Waals surface area contributed by atoms with Gasteiger partial charge in [0, 0.05) is 16.6 Å². The van der Waals surface area contributed by atoms with E-state index in [0.29, 0.717) is 23.7 Å². The van der Waals surface area contributed by atoms with Crippen LogP contribution >= 0.6 is 0 Å². The van der Waals surface area contributed by atoms with Gasteiger partial charge >= 0.3 is 7.12 Å². The number of allylic oxidation sites excluding steroid dienone is 10. The molecule has 0 N–H and O–H groups in total. The van der Waals surface area contributed by atoms with E-state index in [1.54, 1.807) is 0 Å². The summed E-state index contributed by atoms with van der Waals surface area (Å²) in [4.78, 5) is 0. The SMILES string of the molecule is CC1(C)OB(C2CC=CC3=C2Oc2ccccc2C32C3C=CC=CC3C3C=CCCC32)OC1(C)C. The van der Waals surface area contributed by atoms with Crippen LogP contribution in [0, 0.1) is 23.7 Å². The minimum absolute atomic E-state index is 0.0426. The van der Waals surface area contributed by atoms with Crippen LogP contribution in [0.15, 0.2) is 84.2 Å². The van der Waals surface area contributed by atoms with Crippen molar-refractivity contribution in [3.8, 4) is 5.75 Å². The average Bonchev–Trinajstić information content (AvgIpc) is 3.27. The van der Waals surface area contributed by atoms with Gasteiger partial charge in [0.25, 0.3) is 0 Å². The lowest BCUT2D eigenvalue weighted by Crippen LogP contribution is -2.45. The molecule has 0 bridgehead atoms. The molecule has 3 nitrogen and oxygen atoms in total. The molecule has 2 fully saturated rings. The minimum Gasteiger partial charge on any atom is -0.461 e. The van der Waals surface area contributed by atoms with Gasteiger partial charge in [-0.2, -0.15) is 0 Å². The minimum atomic E-state index is -0.363. The van der Waals surface area contributed by atoms with Gasteiger partial charge in [-0.05, 0) is 76.7 Å². The molecule has 0 aromatic heterocycles. The van der Waals surface area contributed by atoms with E-state index in [2.05, 4.69) is 101 Å². The highest BCUT2D eigenvalue weighted by Gasteiger charge is 2.64. The molecule has 0 amide bonds. The molecule has 7 rings (SSSR count). The molecule has 6 unspecified atom stereocenters. The lowest BCUT2D eigenvalue weighted by Gasteiger charge is -2.49. The summed E-state index contributed by atoms with van der Waals surface area (Å²) in [6.07, 6.45) is 22.3. The molecule has 2 aliphatic heterocycles. The van der Waals surface area contributed by atoms with Crippen molar-refractivity contribution in [3.63, 3.8) is 0 Å². The van der Waals surface area contributed by atoms with Crippen LogP contribution < -0.4 is 4.74 Å². The summed E-state index contributed by atoms with van der Waals surface area (Å²) in [6, 6.07) is 8.80. The molecule has 6 aliphatic rings. The highest BCUT2D eigenvalue weighted by atomic mass is 16.7. The summed E-state index contributed by atoms with van der Waals surface area (Å²) in [5.41, 5.74) is 1.89. The third-order valence-corrected chi connectivity index (χ3v) is 10.1. The number of rotatable bonds is 1. The summed E-state index contributed by atoms with van der Waals surface area (Å²) in [5.74, 6) is 4.11. The molecule has 4 heteroatoms. The predicted octanol–water partition coefficient (Wildman–Crippen LogP) is 6.95. The Labute approximate surface area is 209 Å². The van der Waals surface area contributed by atoms with Gasteiger partial charge in [-0.15, -0.1) is 0 Å². The van der Waals surface area contributed by atoms with Gasteiger partial charge in [0.05, 0.1) is 17.0 Å². The van der Waals surface area contributed by atoms with Crippen LogP contribution in [0.4, 0.5) is 0 Å². The van der Waals surface area contributed by atoms with Crippen LogP contribution in [-0.2, 0) is 14.7 Å². The van der Waals surface area contributed by atoms with Crippen LogP contribution in [-0.4, -0.2) is 18.3 Å². The van der Waals surface area contributed by atoms with Gasteiger partial charge in [-0.25, -0.2) is 0 Å². The summed E-state index contributed by atoms with van der Waals surface area (Å²) in [7, 11) is -0.321. The summed E-state index contributed by atoms with van der Waals surface area (Å²) in [5, 5.41) is 0. The number of fused-ring (bicyclic) bond motifs is 8. The number of hydrogen-bond donors (Lipinski definition) is 0. The molecule has 1 spiro atoms. The van der Waals surface area contributed by atoms with Crippen LogP contribution in [0.5, 0.6) is 5.75 Å². The van der Waals surface area contributed by atoms with E-state index >= 15 is 0 Å². The molecular weight excluding hydrogens is 431 g/mol. The molecular formula is C31H35BO3. The zero-order valence-corrected chi connectivity index (χ0v) is 21.2. The van der Waals surface area contributed by atoms with E-state index in [-0.39, 0.29) is 29.6 Å². The first-order chi connectivity index (χ1) is 16.8. The summed E-state index contributed by atoms with van der Waals surface area (Å²) in [6.45, 7) is 8.55. The molecule has 4 aliphatic carbocycles. The first-order valence-electron chi connectivity index (χ1n) is 13.4. The Morgan fingerprint density at radius 1 is 0.886 bits per heavy atom. The van der Waals surface area contributed by atoms with Gasteiger partial charge in [-0.3, -0.25) is 0 Å². The third-order valence-electron chi connectivity index (χ3n) is 10.1. The van der Waals surface area contributed by atoms with Crippen molar-refractivity contribution in [2.24, 2.45) is 23.7 Å². The molecule has 2 heterocycles. The summed E-state index contributed by atoms with van der Waals surface area (Å²) >= 11 is 0. The van der Waals surface area contributed by atoms with E-state index in [0.717, 1.165) is 24.4 Å². The largest absolute Gasteiger partial charge is 0.469 e. The van der Waals surface area contributed by atoms with Gasteiger partial charge in [0.1, 0.15) is 11.5 Å². The Morgan fingerprint density at radius 2 is 1.66 bits per heavy atom. The Morgan fingerprint density at radius 3 is 2.49 bits per heavy atom. The van der Waals surface area contributed by atoms with Crippen molar-refractivity contribution in [1.29, 1.82) is 0 Å². The van der Waals surface area contributed by atoms with Crippen LogP contribution in [0.25, 0.3) is 0 Å². The van der Waals surface area contributed by atoms with Crippen molar-refractivity contribution >= 4 is 7.12 Å². The monoisotopic (exact) mass is 466 g/mol. The topological polar surface area (TPSA) is 27.7 Å². The first-order valence-corrected chi connectivity index (χ1v) is 13.4. The van der Waals surface area contributed by atoms with Gasteiger partial charge in [-0.1, -0.05) is 66.8 Å². The van der Waals surface area contributed by atoms with Crippen molar-refractivity contribution in [2.75, 3.05) is 0 Å². The maximum absolute atomic E-state index is 6.85. The van der Waals surface area contributed by atoms with Crippen molar-refractivity contribution in [1.82, 2.24) is 0 Å². The Balaban J connectivity index is 1.44. The number of ether oxygens (including phenoxy) is 1. The summed E-state index contributed by atoms with van der Waals surface area (Å²) < 4.78 is 20.0. The smallest absolute Gasteiger partial charge is 0.461 e. The number of para-hydroxylation sites is 1. The molecule has 6 atom stereocenters. The van der Waals surface area contributed by atoms with Gasteiger partial charge in [0.2, 0.25) is 0 Å². The Bertz CT molecular complexity index is 1200. The second kappa shape index (κ2) is 7.37. The van der Waals surface area contributed by atoms with Crippen LogP contribution in [0.1, 0.15) is 52.5 Å². The zero-order chi connectivity index (χ0) is 24.0. The van der Waals surface area contributed by atoms with E-state index in [1.807, 2.05) is 0 Å². The molecule has 1 saturated carbocycles. The van der Waals surface area contributed by atoms with Gasteiger partial charge < -0.3 is 14.0 Å². The molecule has 35 heavy (non-hydrogen) atoms. The van der Waals surface area contributed by atoms with E-state index in [9.17, 15) is 0 Å². The second-order valence-corrected chi connectivity index (χ2v) is 12.2. The Hall–Kier alpha value is -2.30. The molecule has 1 aromatic rings. The maximum Gasteiger partial charge on any atom is 0.469 e. The van der Waals surface area contributed by atoms with Crippen molar-refractivity contribution in [2.45, 2.75) is 69.4 Å². The fourth-order valence-corrected chi connectivity index (χ4v) is 7.88. The van der Waals surface area contributed by atoms with Crippen molar-refractivity contribution in [3.05, 3.63) is 89.8 Å². The average molecular weight is 466 g/mol. The highest BCUT2D eigenvalue weighted by molar-refractivity contribution is 6.48. The molecule has 1 saturated heterocycles. The predicted molar refractivity (Wildman–Crippen MR) is 140 cm³/mol. The quantitative estimate of drug-likeness (QED) is 0.331. The van der Waals surface area contributed by atoms with E-state index in [1.165, 1.54) is 17.6 Å². The van der Waals surface area contributed by atoms with E-state index < -0.39 is 0 Å². The lowest BCUT2D eigenvalue weighted by molar-refractivity contribution is 0.00578.